The van der Waals surface area contributed by atoms with E-state index < -0.39 is 5.91 Å². The number of ether oxygens (including phenoxy) is 2. The van der Waals surface area contributed by atoms with Crippen molar-refractivity contribution in [2.24, 2.45) is 5.10 Å². The number of hydrogen-bond acceptors (Lipinski definition) is 6. The van der Waals surface area contributed by atoms with Crippen LogP contribution in [0.25, 0.3) is 0 Å². The van der Waals surface area contributed by atoms with Crippen molar-refractivity contribution in [3.8, 4) is 11.5 Å². The molecule has 0 bridgehead atoms. The lowest BCUT2D eigenvalue weighted by atomic mass is 9.93. The summed E-state index contributed by atoms with van der Waals surface area (Å²) in [4.78, 5) is 25.4. The van der Waals surface area contributed by atoms with Gasteiger partial charge < -0.3 is 19.2 Å². The molecule has 10 heteroatoms. The van der Waals surface area contributed by atoms with E-state index in [1.54, 1.807) is 32.2 Å². The minimum absolute atomic E-state index is 0.199. The van der Waals surface area contributed by atoms with Gasteiger partial charge in [0.1, 0.15) is 17.3 Å². The number of carbonyl (C=O) groups is 2. The molecule has 4 rings (SSSR count). The summed E-state index contributed by atoms with van der Waals surface area (Å²) in [5.74, 6) is 0.918. The standard InChI is InChI=1S/C26H25Cl2N3O5/c1-14-7-9-21(34-3)19(11-14)29-26(33)25-15(2)24-18(5-4-6-22(24)36-25)30-31-23(32)13-35-20-10-8-16(27)12-17(20)28/h7-12H,4-6,13H2,1-3H3,(H,29,33)(H,31,32)/b30-18+. The predicted octanol–water partition coefficient (Wildman–Crippen LogP) is 5.70. The molecule has 36 heavy (non-hydrogen) atoms. The molecule has 1 aliphatic rings. The molecule has 1 aliphatic carbocycles. The molecule has 2 aromatic carbocycles. The van der Waals surface area contributed by atoms with Crippen LogP contribution in [0.15, 0.2) is 45.9 Å². The number of rotatable bonds is 7. The topological polar surface area (TPSA) is 102 Å². The number of anilines is 1. The number of furan rings is 1. The molecule has 3 aromatic rings. The highest BCUT2D eigenvalue weighted by atomic mass is 35.5. The summed E-state index contributed by atoms with van der Waals surface area (Å²) < 4.78 is 16.7. The van der Waals surface area contributed by atoms with Crippen molar-refractivity contribution in [2.75, 3.05) is 19.0 Å². The first-order valence-electron chi connectivity index (χ1n) is 11.3. The summed E-state index contributed by atoms with van der Waals surface area (Å²) in [5, 5.41) is 7.95. The van der Waals surface area contributed by atoms with Crippen LogP contribution in [-0.2, 0) is 11.2 Å². The molecule has 0 spiro atoms. The molecule has 2 amide bonds. The number of hydrazone groups is 1. The molecule has 0 unspecified atom stereocenters. The molecule has 0 fully saturated rings. The number of amides is 2. The van der Waals surface area contributed by atoms with Crippen LogP contribution in [0.5, 0.6) is 11.5 Å². The van der Waals surface area contributed by atoms with Gasteiger partial charge in [0.2, 0.25) is 0 Å². The van der Waals surface area contributed by atoms with Crippen molar-refractivity contribution in [3.05, 3.63) is 74.7 Å². The van der Waals surface area contributed by atoms with Gasteiger partial charge in [0.05, 0.1) is 23.5 Å². The first kappa shape index (κ1) is 25.6. The van der Waals surface area contributed by atoms with Crippen LogP contribution in [-0.4, -0.2) is 31.2 Å². The highest BCUT2D eigenvalue weighted by Crippen LogP contribution is 2.32. The maximum atomic E-state index is 13.1. The summed E-state index contributed by atoms with van der Waals surface area (Å²) in [5.41, 5.74) is 6.09. The summed E-state index contributed by atoms with van der Waals surface area (Å²) in [7, 11) is 1.54. The first-order chi connectivity index (χ1) is 17.3. The SMILES string of the molecule is COc1ccc(C)cc1NC(=O)c1oc2c(c1C)/C(=N/NC(=O)COc1ccc(Cl)cc1Cl)CCC2. The van der Waals surface area contributed by atoms with Crippen LogP contribution in [0.4, 0.5) is 5.69 Å². The molecule has 188 valence electrons. The van der Waals surface area contributed by atoms with Crippen LogP contribution in [0.2, 0.25) is 10.0 Å². The lowest BCUT2D eigenvalue weighted by Crippen LogP contribution is -2.27. The van der Waals surface area contributed by atoms with Gasteiger partial charge in [-0.25, -0.2) is 5.43 Å². The van der Waals surface area contributed by atoms with Crippen LogP contribution in [0.1, 0.15) is 45.8 Å². The molecule has 0 aliphatic heterocycles. The van der Waals surface area contributed by atoms with Crippen LogP contribution in [0.3, 0.4) is 0 Å². The van der Waals surface area contributed by atoms with Crippen molar-refractivity contribution in [3.63, 3.8) is 0 Å². The van der Waals surface area contributed by atoms with Gasteiger partial charge in [0.15, 0.2) is 12.4 Å². The van der Waals surface area contributed by atoms with Crippen molar-refractivity contribution >= 4 is 46.4 Å². The third kappa shape index (κ3) is 5.66. The van der Waals surface area contributed by atoms with Crippen LogP contribution in [0, 0.1) is 13.8 Å². The van der Waals surface area contributed by atoms with Gasteiger partial charge >= 0.3 is 0 Å². The Balaban J connectivity index is 1.47. The first-order valence-corrected chi connectivity index (χ1v) is 12.0. The van der Waals surface area contributed by atoms with E-state index in [1.165, 1.54) is 6.07 Å². The number of carbonyl (C=O) groups excluding carboxylic acids is 2. The van der Waals surface area contributed by atoms with Gasteiger partial charge in [-0.2, -0.15) is 5.10 Å². The van der Waals surface area contributed by atoms with Crippen molar-refractivity contribution < 1.29 is 23.5 Å². The number of halogens is 2. The fraction of sp³-hybridized carbons (Fsp3) is 0.269. The second-order valence-corrected chi connectivity index (χ2v) is 9.17. The molecular weight excluding hydrogens is 505 g/mol. The Hall–Kier alpha value is -3.49. The third-order valence-corrected chi connectivity index (χ3v) is 6.23. The molecule has 8 nitrogen and oxygen atoms in total. The molecular formula is C26H25Cl2N3O5. The van der Waals surface area contributed by atoms with Gasteiger partial charge in [0, 0.05) is 22.6 Å². The summed E-state index contributed by atoms with van der Waals surface area (Å²) in [6.45, 7) is 3.46. The lowest BCUT2D eigenvalue weighted by Gasteiger charge is -2.13. The smallest absolute Gasteiger partial charge is 0.291 e. The van der Waals surface area contributed by atoms with Crippen molar-refractivity contribution in [1.29, 1.82) is 0 Å². The number of fused-ring (bicyclic) bond motifs is 1. The monoisotopic (exact) mass is 529 g/mol. The van der Waals surface area contributed by atoms with Gasteiger partial charge in [-0.05, 0) is 62.6 Å². The molecule has 0 atom stereocenters. The molecule has 0 saturated carbocycles. The maximum absolute atomic E-state index is 13.1. The number of methoxy groups -OCH3 is 1. The van der Waals surface area contributed by atoms with E-state index in [2.05, 4.69) is 15.8 Å². The largest absolute Gasteiger partial charge is 0.495 e. The predicted molar refractivity (Wildman–Crippen MR) is 139 cm³/mol. The second kappa shape index (κ2) is 11.1. The van der Waals surface area contributed by atoms with Gasteiger partial charge in [-0.1, -0.05) is 29.3 Å². The van der Waals surface area contributed by atoms with Crippen LogP contribution >= 0.6 is 23.2 Å². The minimum atomic E-state index is -0.453. The molecule has 2 N–H and O–H groups in total. The van der Waals surface area contributed by atoms with Gasteiger partial charge in [-0.3, -0.25) is 9.59 Å². The Morgan fingerprint density at radius 2 is 1.86 bits per heavy atom. The summed E-state index contributed by atoms with van der Waals surface area (Å²) in [6.07, 6.45) is 2.07. The van der Waals surface area contributed by atoms with E-state index in [0.717, 1.165) is 17.5 Å². The van der Waals surface area contributed by atoms with E-state index in [0.29, 0.717) is 57.1 Å². The zero-order chi connectivity index (χ0) is 25.8. The van der Waals surface area contributed by atoms with Crippen molar-refractivity contribution in [1.82, 2.24) is 5.43 Å². The fourth-order valence-corrected chi connectivity index (χ4v) is 4.46. The summed E-state index contributed by atoms with van der Waals surface area (Å²) in [6, 6.07) is 10.3. The van der Waals surface area contributed by atoms with E-state index in [4.69, 9.17) is 37.1 Å². The Labute approximate surface area is 218 Å². The maximum Gasteiger partial charge on any atom is 0.291 e. The molecule has 1 aromatic heterocycles. The number of nitrogens with one attached hydrogen (secondary N) is 2. The van der Waals surface area contributed by atoms with Crippen LogP contribution < -0.4 is 20.2 Å². The number of nitrogens with zero attached hydrogens (tertiary/aromatic N) is 1. The quantitative estimate of drug-likeness (QED) is 0.382. The Bertz CT molecular complexity index is 1350. The lowest BCUT2D eigenvalue weighted by molar-refractivity contribution is -0.123. The Morgan fingerprint density at radius 3 is 2.61 bits per heavy atom. The third-order valence-electron chi connectivity index (χ3n) is 5.70. The Kier molecular flexibility index (Phi) is 7.86. The average molecular weight is 530 g/mol. The zero-order valence-electron chi connectivity index (χ0n) is 20.0. The van der Waals surface area contributed by atoms with Crippen molar-refractivity contribution in [2.45, 2.75) is 33.1 Å². The molecule has 1 heterocycles. The number of aryl methyl sites for hydroxylation is 2. The normalized spacial score (nSPS) is 13.8. The highest BCUT2D eigenvalue weighted by molar-refractivity contribution is 6.35. The molecule has 0 radical (unpaired) electrons. The minimum Gasteiger partial charge on any atom is -0.495 e. The van der Waals surface area contributed by atoms with E-state index in [1.807, 2.05) is 19.1 Å². The van der Waals surface area contributed by atoms with E-state index in [9.17, 15) is 9.59 Å². The molecule has 0 saturated heterocycles. The zero-order valence-corrected chi connectivity index (χ0v) is 21.5. The summed E-state index contributed by atoms with van der Waals surface area (Å²) >= 11 is 11.9. The number of benzene rings is 2. The average Bonchev–Trinajstić information content (AvgIpc) is 3.19. The fourth-order valence-electron chi connectivity index (χ4n) is 3.99. The van der Waals surface area contributed by atoms with E-state index >= 15 is 0 Å². The Morgan fingerprint density at radius 1 is 1.08 bits per heavy atom. The van der Waals surface area contributed by atoms with E-state index in [-0.39, 0.29) is 18.3 Å². The second-order valence-electron chi connectivity index (χ2n) is 8.32. The van der Waals surface area contributed by atoms with Gasteiger partial charge in [-0.15, -0.1) is 0 Å². The van der Waals surface area contributed by atoms with Gasteiger partial charge in [0.25, 0.3) is 11.8 Å². The number of hydrogen-bond donors (Lipinski definition) is 2. The highest BCUT2D eigenvalue weighted by Gasteiger charge is 2.28.